The third kappa shape index (κ3) is 1.93. The summed E-state index contributed by atoms with van der Waals surface area (Å²) in [7, 11) is 0. The molecule has 16 heavy (non-hydrogen) atoms. The lowest BCUT2D eigenvalue weighted by atomic mass is 9.73. The molecule has 2 aliphatic rings. The van der Waals surface area contributed by atoms with Crippen LogP contribution in [-0.2, 0) is 9.53 Å². The summed E-state index contributed by atoms with van der Waals surface area (Å²) in [5, 5.41) is 10.5. The molecule has 0 saturated heterocycles. The SMILES string of the molecule is CC(=O)OC12CC=CCC(O)(CCC1)C2Br. The molecule has 0 aromatic carbocycles. The van der Waals surface area contributed by atoms with Crippen LogP contribution in [0.5, 0.6) is 0 Å². The molecule has 0 spiro atoms. The molecular weight excluding hydrogens is 272 g/mol. The van der Waals surface area contributed by atoms with Crippen molar-refractivity contribution in [3.63, 3.8) is 0 Å². The minimum atomic E-state index is -0.777. The normalized spacial score (nSPS) is 42.6. The van der Waals surface area contributed by atoms with E-state index in [1.165, 1.54) is 6.92 Å². The molecule has 0 heterocycles. The Hall–Kier alpha value is -0.350. The van der Waals surface area contributed by atoms with Crippen LogP contribution in [-0.4, -0.2) is 27.1 Å². The number of esters is 1. The fourth-order valence-electron chi connectivity index (χ4n) is 2.85. The lowest BCUT2D eigenvalue weighted by Crippen LogP contribution is -2.57. The van der Waals surface area contributed by atoms with Gasteiger partial charge in [-0.15, -0.1) is 0 Å². The Balaban J connectivity index is 2.33. The fraction of sp³-hybridized carbons (Fsp3) is 0.750. The van der Waals surface area contributed by atoms with Crippen molar-refractivity contribution in [2.75, 3.05) is 0 Å². The summed E-state index contributed by atoms with van der Waals surface area (Å²) in [6.45, 7) is 1.43. The van der Waals surface area contributed by atoms with E-state index < -0.39 is 11.2 Å². The summed E-state index contributed by atoms with van der Waals surface area (Å²) in [6, 6.07) is 0. The van der Waals surface area contributed by atoms with Gasteiger partial charge in [-0.3, -0.25) is 4.79 Å². The number of alkyl halides is 1. The van der Waals surface area contributed by atoms with Crippen molar-refractivity contribution < 1.29 is 14.6 Å². The standard InChI is InChI=1S/C12H17BrO3/c1-9(14)16-12-7-3-2-5-11(15,10(12)13)6-4-8-12/h2-3,10,15H,4-8H2,1H3. The predicted octanol–water partition coefficient (Wildman–Crippen LogP) is 2.32. The molecule has 1 saturated carbocycles. The van der Waals surface area contributed by atoms with E-state index in [1.807, 2.05) is 12.2 Å². The molecule has 0 amide bonds. The molecular formula is C12H17BrO3. The second kappa shape index (κ2) is 4.15. The average molecular weight is 289 g/mol. The topological polar surface area (TPSA) is 46.5 Å². The van der Waals surface area contributed by atoms with Crippen LogP contribution in [0.1, 0.15) is 39.0 Å². The molecule has 3 atom stereocenters. The quantitative estimate of drug-likeness (QED) is 0.458. The maximum Gasteiger partial charge on any atom is 0.303 e. The maximum absolute atomic E-state index is 11.2. The van der Waals surface area contributed by atoms with Gasteiger partial charge < -0.3 is 9.84 Å². The van der Waals surface area contributed by atoms with Crippen molar-refractivity contribution in [2.45, 2.75) is 55.1 Å². The second-order valence-electron chi connectivity index (χ2n) is 4.86. The summed E-state index contributed by atoms with van der Waals surface area (Å²) in [5.41, 5.74) is -1.34. The summed E-state index contributed by atoms with van der Waals surface area (Å²) in [5.74, 6) is -0.274. The Labute approximate surface area is 104 Å². The highest BCUT2D eigenvalue weighted by molar-refractivity contribution is 9.09. The number of aliphatic hydroxyl groups is 1. The van der Waals surface area contributed by atoms with E-state index in [1.54, 1.807) is 0 Å². The molecule has 2 bridgehead atoms. The Morgan fingerprint density at radius 2 is 2.12 bits per heavy atom. The van der Waals surface area contributed by atoms with Crippen molar-refractivity contribution in [1.29, 1.82) is 0 Å². The van der Waals surface area contributed by atoms with Crippen molar-refractivity contribution in [1.82, 2.24) is 0 Å². The van der Waals surface area contributed by atoms with Crippen LogP contribution in [0.4, 0.5) is 0 Å². The molecule has 1 fully saturated rings. The Bertz CT molecular complexity index is 328. The highest BCUT2D eigenvalue weighted by Gasteiger charge is 2.54. The van der Waals surface area contributed by atoms with Crippen LogP contribution in [0.2, 0.25) is 0 Å². The molecule has 0 aromatic rings. The Kier molecular flexibility index (Phi) is 3.14. The molecule has 3 nitrogen and oxygen atoms in total. The van der Waals surface area contributed by atoms with Crippen LogP contribution in [0, 0.1) is 0 Å². The van der Waals surface area contributed by atoms with Gasteiger partial charge in [-0.1, -0.05) is 28.1 Å². The van der Waals surface area contributed by atoms with Gasteiger partial charge in [0.05, 0.1) is 10.4 Å². The first-order valence-corrected chi connectivity index (χ1v) is 6.61. The number of fused-ring (bicyclic) bond motifs is 2. The third-order valence-corrected chi connectivity index (χ3v) is 5.28. The summed E-state index contributed by atoms with van der Waals surface area (Å²) in [6.07, 6.45) is 7.79. The molecule has 0 radical (unpaired) electrons. The van der Waals surface area contributed by atoms with Gasteiger partial charge in [0.1, 0.15) is 5.60 Å². The summed E-state index contributed by atoms with van der Waals surface area (Å²) < 4.78 is 5.51. The number of carbonyl (C=O) groups excluding carboxylic acids is 1. The molecule has 2 aliphatic carbocycles. The molecule has 4 heteroatoms. The Morgan fingerprint density at radius 3 is 2.81 bits per heavy atom. The first-order chi connectivity index (χ1) is 7.49. The van der Waals surface area contributed by atoms with Gasteiger partial charge in [0.2, 0.25) is 0 Å². The number of ether oxygens (including phenoxy) is 1. The number of halogens is 1. The first-order valence-electron chi connectivity index (χ1n) is 5.70. The van der Waals surface area contributed by atoms with E-state index in [2.05, 4.69) is 15.9 Å². The van der Waals surface area contributed by atoms with Gasteiger partial charge in [0.25, 0.3) is 0 Å². The van der Waals surface area contributed by atoms with E-state index in [0.29, 0.717) is 12.8 Å². The lowest BCUT2D eigenvalue weighted by Gasteiger charge is -2.47. The van der Waals surface area contributed by atoms with Gasteiger partial charge >= 0.3 is 5.97 Å². The predicted molar refractivity (Wildman–Crippen MR) is 64.4 cm³/mol. The zero-order chi connectivity index (χ0) is 11.8. The third-order valence-electron chi connectivity index (χ3n) is 3.59. The minimum absolute atomic E-state index is 0.180. The molecule has 2 rings (SSSR count). The molecule has 0 aromatic heterocycles. The zero-order valence-electron chi connectivity index (χ0n) is 9.41. The molecule has 3 unspecified atom stereocenters. The monoisotopic (exact) mass is 288 g/mol. The van der Waals surface area contributed by atoms with E-state index in [0.717, 1.165) is 19.3 Å². The second-order valence-corrected chi connectivity index (χ2v) is 5.77. The fourth-order valence-corrected chi connectivity index (χ4v) is 3.77. The van der Waals surface area contributed by atoms with Crippen molar-refractivity contribution in [3.8, 4) is 0 Å². The lowest BCUT2D eigenvalue weighted by molar-refractivity contribution is -0.167. The van der Waals surface area contributed by atoms with E-state index in [-0.39, 0.29) is 10.8 Å². The van der Waals surface area contributed by atoms with Crippen LogP contribution >= 0.6 is 15.9 Å². The van der Waals surface area contributed by atoms with Crippen molar-refractivity contribution >= 4 is 21.9 Å². The number of hydrogen-bond acceptors (Lipinski definition) is 3. The smallest absolute Gasteiger partial charge is 0.303 e. The minimum Gasteiger partial charge on any atom is -0.458 e. The highest BCUT2D eigenvalue weighted by Crippen LogP contribution is 2.48. The molecule has 1 N–H and O–H groups in total. The van der Waals surface area contributed by atoms with E-state index in [4.69, 9.17) is 4.74 Å². The van der Waals surface area contributed by atoms with E-state index >= 15 is 0 Å². The van der Waals surface area contributed by atoms with Crippen molar-refractivity contribution in [3.05, 3.63) is 12.2 Å². The average Bonchev–Trinajstić information content (AvgIpc) is 2.29. The van der Waals surface area contributed by atoms with Gasteiger partial charge in [-0.2, -0.15) is 0 Å². The largest absolute Gasteiger partial charge is 0.458 e. The van der Waals surface area contributed by atoms with E-state index in [9.17, 15) is 9.90 Å². The highest BCUT2D eigenvalue weighted by atomic mass is 79.9. The van der Waals surface area contributed by atoms with Crippen LogP contribution in [0.3, 0.4) is 0 Å². The van der Waals surface area contributed by atoms with Crippen LogP contribution in [0.25, 0.3) is 0 Å². The number of rotatable bonds is 1. The van der Waals surface area contributed by atoms with Gasteiger partial charge in [-0.05, 0) is 25.7 Å². The maximum atomic E-state index is 11.2. The molecule has 0 aliphatic heterocycles. The van der Waals surface area contributed by atoms with Crippen LogP contribution < -0.4 is 0 Å². The molecule has 90 valence electrons. The number of hydrogen-bond donors (Lipinski definition) is 1. The summed E-state index contributed by atoms with van der Waals surface area (Å²) in [4.78, 5) is 11.0. The van der Waals surface area contributed by atoms with Crippen molar-refractivity contribution in [2.24, 2.45) is 0 Å². The van der Waals surface area contributed by atoms with Gasteiger partial charge in [0.15, 0.2) is 0 Å². The first kappa shape index (κ1) is 12.1. The Morgan fingerprint density at radius 1 is 1.44 bits per heavy atom. The number of carbonyl (C=O) groups is 1. The summed E-state index contributed by atoms with van der Waals surface area (Å²) >= 11 is 3.56. The van der Waals surface area contributed by atoms with Crippen LogP contribution in [0.15, 0.2) is 12.2 Å². The van der Waals surface area contributed by atoms with Gasteiger partial charge in [0, 0.05) is 13.3 Å². The zero-order valence-corrected chi connectivity index (χ0v) is 11.0. The van der Waals surface area contributed by atoms with Gasteiger partial charge in [-0.25, -0.2) is 0 Å².